The number of benzene rings is 2. The highest BCUT2D eigenvalue weighted by Crippen LogP contribution is 2.27. The van der Waals surface area contributed by atoms with E-state index in [2.05, 4.69) is 4.72 Å². The number of nitrogens with one attached hydrogen (secondary N) is 1. The molecule has 1 N–H and O–H groups in total. The molecule has 10 heteroatoms. The molecule has 0 amide bonds. The van der Waals surface area contributed by atoms with E-state index in [0.29, 0.717) is 18.7 Å². The maximum Gasteiger partial charge on any atom is 0.243 e. The Labute approximate surface area is 169 Å². The molecule has 0 bridgehead atoms. The average Bonchev–Trinajstić information content (AvgIpc) is 3.14. The molecule has 1 fully saturated rings. The van der Waals surface area contributed by atoms with Crippen molar-refractivity contribution in [3.05, 3.63) is 58.1 Å². The SMILES string of the molecule is O=S(=O)(Cc1c(Cl)cccc1Cl)Nc1ccc(S(=O)(=O)N2CCCC2)cc1. The molecule has 6 nitrogen and oxygen atoms in total. The van der Waals surface area contributed by atoms with E-state index < -0.39 is 20.0 Å². The van der Waals surface area contributed by atoms with Crippen molar-refractivity contribution in [1.82, 2.24) is 4.31 Å². The largest absolute Gasteiger partial charge is 0.283 e. The van der Waals surface area contributed by atoms with E-state index in [9.17, 15) is 16.8 Å². The van der Waals surface area contributed by atoms with Crippen LogP contribution in [0.2, 0.25) is 10.0 Å². The Balaban J connectivity index is 1.76. The van der Waals surface area contributed by atoms with Crippen molar-refractivity contribution in [2.45, 2.75) is 23.5 Å². The van der Waals surface area contributed by atoms with Gasteiger partial charge < -0.3 is 0 Å². The van der Waals surface area contributed by atoms with Crippen LogP contribution in [0.15, 0.2) is 47.4 Å². The predicted molar refractivity (Wildman–Crippen MR) is 107 cm³/mol. The van der Waals surface area contributed by atoms with E-state index in [1.807, 2.05) is 0 Å². The molecule has 0 saturated carbocycles. The number of sulfonamides is 2. The van der Waals surface area contributed by atoms with E-state index in [1.165, 1.54) is 28.6 Å². The Morgan fingerprint density at radius 2 is 1.44 bits per heavy atom. The van der Waals surface area contributed by atoms with Crippen molar-refractivity contribution >= 4 is 48.9 Å². The third kappa shape index (κ3) is 4.75. The summed E-state index contributed by atoms with van der Waals surface area (Å²) in [6.45, 7) is 1.02. The van der Waals surface area contributed by atoms with Crippen molar-refractivity contribution in [2.24, 2.45) is 0 Å². The van der Waals surface area contributed by atoms with Gasteiger partial charge in [0, 0.05) is 34.4 Å². The highest BCUT2D eigenvalue weighted by atomic mass is 35.5. The minimum atomic E-state index is -3.78. The molecular weight excluding hydrogens is 431 g/mol. The first-order valence-electron chi connectivity index (χ1n) is 8.23. The molecule has 2 aromatic rings. The monoisotopic (exact) mass is 448 g/mol. The molecule has 2 aromatic carbocycles. The number of halogens is 2. The molecule has 1 heterocycles. The van der Waals surface area contributed by atoms with Crippen LogP contribution in [0.4, 0.5) is 5.69 Å². The Hall–Kier alpha value is -1.32. The second kappa shape index (κ2) is 7.97. The topological polar surface area (TPSA) is 83.5 Å². The normalized spacial score (nSPS) is 15.8. The molecule has 0 unspecified atom stereocenters. The Morgan fingerprint density at radius 3 is 2.00 bits per heavy atom. The van der Waals surface area contributed by atoms with E-state index in [1.54, 1.807) is 18.2 Å². The van der Waals surface area contributed by atoms with Crippen LogP contribution in [-0.2, 0) is 25.8 Å². The summed E-state index contributed by atoms with van der Waals surface area (Å²) in [4.78, 5) is 0.140. The Bertz CT molecular complexity index is 1010. The van der Waals surface area contributed by atoms with Crippen molar-refractivity contribution in [3.8, 4) is 0 Å². The van der Waals surface area contributed by atoms with Crippen molar-refractivity contribution in [2.75, 3.05) is 17.8 Å². The Morgan fingerprint density at radius 1 is 0.889 bits per heavy atom. The van der Waals surface area contributed by atoms with Gasteiger partial charge in [-0.25, -0.2) is 16.8 Å². The first-order valence-corrected chi connectivity index (χ1v) is 12.1. The molecule has 0 spiro atoms. The standard InChI is InChI=1S/C17H18Cl2N2O4S2/c18-16-4-3-5-17(19)15(16)12-26(22,23)20-13-6-8-14(9-7-13)27(24,25)21-10-1-2-11-21/h3-9,20H,1-2,10-12H2. The maximum atomic E-state index is 12.5. The summed E-state index contributed by atoms with van der Waals surface area (Å²) in [6.07, 6.45) is 1.70. The number of nitrogens with zero attached hydrogens (tertiary/aromatic N) is 1. The summed E-state index contributed by atoms with van der Waals surface area (Å²) >= 11 is 12.0. The molecule has 0 atom stereocenters. The molecule has 27 heavy (non-hydrogen) atoms. The molecule has 3 rings (SSSR count). The first-order chi connectivity index (χ1) is 12.7. The van der Waals surface area contributed by atoms with Crippen LogP contribution in [-0.4, -0.2) is 34.2 Å². The summed E-state index contributed by atoms with van der Waals surface area (Å²) in [5.74, 6) is -0.390. The van der Waals surface area contributed by atoms with Gasteiger partial charge in [0.15, 0.2) is 0 Å². The van der Waals surface area contributed by atoms with Gasteiger partial charge in [0.2, 0.25) is 20.0 Å². The molecule has 0 radical (unpaired) electrons. The quantitative estimate of drug-likeness (QED) is 0.729. The van der Waals surface area contributed by atoms with Gasteiger partial charge in [-0.3, -0.25) is 4.72 Å². The van der Waals surface area contributed by atoms with Crippen LogP contribution in [0.1, 0.15) is 18.4 Å². The van der Waals surface area contributed by atoms with E-state index in [-0.39, 0.29) is 26.4 Å². The van der Waals surface area contributed by atoms with Crippen molar-refractivity contribution in [3.63, 3.8) is 0 Å². The second-order valence-corrected chi connectivity index (χ2v) is 10.7. The molecule has 1 saturated heterocycles. The summed E-state index contributed by atoms with van der Waals surface area (Å²) < 4.78 is 53.7. The van der Waals surface area contributed by atoms with Crippen molar-refractivity contribution < 1.29 is 16.8 Å². The molecule has 1 aliphatic rings. The minimum Gasteiger partial charge on any atom is -0.283 e. The van der Waals surface area contributed by atoms with Gasteiger partial charge >= 0.3 is 0 Å². The fourth-order valence-corrected chi connectivity index (χ4v) is 6.31. The third-order valence-corrected chi connectivity index (χ3v) is 8.06. The van der Waals surface area contributed by atoms with Crippen LogP contribution in [0, 0.1) is 0 Å². The maximum absolute atomic E-state index is 12.5. The minimum absolute atomic E-state index is 0.140. The highest BCUT2D eigenvalue weighted by Gasteiger charge is 2.27. The number of rotatable bonds is 6. The van der Waals surface area contributed by atoms with Gasteiger partial charge in [0.05, 0.1) is 10.6 Å². The lowest BCUT2D eigenvalue weighted by molar-refractivity contribution is 0.477. The zero-order chi connectivity index (χ0) is 19.7. The lowest BCUT2D eigenvalue weighted by atomic mass is 10.2. The van der Waals surface area contributed by atoms with Crippen LogP contribution in [0.5, 0.6) is 0 Å². The molecule has 0 aliphatic carbocycles. The molecule has 1 aliphatic heterocycles. The summed E-state index contributed by atoms with van der Waals surface area (Å²) in [7, 11) is -7.31. The smallest absolute Gasteiger partial charge is 0.243 e. The van der Waals surface area contributed by atoms with E-state index >= 15 is 0 Å². The molecular formula is C17H18Cl2N2O4S2. The number of hydrogen-bond donors (Lipinski definition) is 1. The van der Waals surface area contributed by atoms with Gasteiger partial charge in [-0.05, 0) is 49.2 Å². The van der Waals surface area contributed by atoms with Crippen LogP contribution in [0.3, 0.4) is 0 Å². The fraction of sp³-hybridized carbons (Fsp3) is 0.294. The van der Waals surface area contributed by atoms with Gasteiger partial charge in [-0.2, -0.15) is 4.31 Å². The van der Waals surface area contributed by atoms with Gasteiger partial charge in [-0.1, -0.05) is 29.3 Å². The van der Waals surface area contributed by atoms with Crippen molar-refractivity contribution in [1.29, 1.82) is 0 Å². The Kier molecular flexibility index (Phi) is 6.02. The molecule has 146 valence electrons. The number of hydrogen-bond acceptors (Lipinski definition) is 4. The van der Waals surface area contributed by atoms with Crippen LogP contribution in [0.25, 0.3) is 0 Å². The number of anilines is 1. The van der Waals surface area contributed by atoms with Crippen LogP contribution < -0.4 is 4.72 Å². The average molecular weight is 449 g/mol. The van der Waals surface area contributed by atoms with Gasteiger partial charge in [-0.15, -0.1) is 0 Å². The summed E-state index contributed by atoms with van der Waals surface area (Å²) in [5.41, 5.74) is 0.570. The third-order valence-electron chi connectivity index (χ3n) is 4.23. The lowest BCUT2D eigenvalue weighted by Gasteiger charge is -2.16. The van der Waals surface area contributed by atoms with E-state index in [4.69, 9.17) is 23.2 Å². The van der Waals surface area contributed by atoms with Gasteiger partial charge in [0.1, 0.15) is 0 Å². The zero-order valence-electron chi connectivity index (χ0n) is 14.2. The first kappa shape index (κ1) is 20.4. The predicted octanol–water partition coefficient (Wildman–Crippen LogP) is 3.72. The van der Waals surface area contributed by atoms with E-state index in [0.717, 1.165) is 12.8 Å². The lowest BCUT2D eigenvalue weighted by Crippen LogP contribution is -2.27. The summed E-state index contributed by atoms with van der Waals surface area (Å²) in [5, 5.41) is 0.528. The molecule has 0 aromatic heterocycles. The van der Waals surface area contributed by atoms with Crippen LogP contribution >= 0.6 is 23.2 Å². The highest BCUT2D eigenvalue weighted by molar-refractivity contribution is 7.92. The second-order valence-electron chi connectivity index (χ2n) is 6.20. The fourth-order valence-electron chi connectivity index (χ4n) is 2.85. The van der Waals surface area contributed by atoms with Gasteiger partial charge in [0.25, 0.3) is 0 Å². The summed E-state index contributed by atoms with van der Waals surface area (Å²) in [6, 6.07) is 10.4. The zero-order valence-corrected chi connectivity index (χ0v) is 17.4.